The molecule has 0 spiro atoms. The number of anilines is 2. The summed E-state index contributed by atoms with van der Waals surface area (Å²) in [7, 11) is 0. The summed E-state index contributed by atoms with van der Waals surface area (Å²) in [6, 6.07) is 16.6. The van der Waals surface area contributed by atoms with E-state index in [4.69, 9.17) is 0 Å². The van der Waals surface area contributed by atoms with Crippen molar-refractivity contribution in [1.29, 1.82) is 0 Å². The van der Waals surface area contributed by atoms with E-state index >= 15 is 0 Å². The molecule has 2 aromatic rings. The first-order valence-electron chi connectivity index (χ1n) is 7.92. The number of carbonyl (C=O) groups is 2. The number of hydrogen-bond donors (Lipinski definition) is 1. The maximum Gasteiger partial charge on any atom is 0.258 e. The van der Waals surface area contributed by atoms with Gasteiger partial charge in [0.1, 0.15) is 0 Å². The Kier molecular flexibility index (Phi) is 5.92. The molecule has 0 bridgehead atoms. The van der Waals surface area contributed by atoms with Crippen LogP contribution >= 0.6 is 0 Å². The Morgan fingerprint density at radius 2 is 1.74 bits per heavy atom. The SMILES string of the molecule is CCCC(=O)Nc1cccc(C(=O)N(CC)c2ccccc2)c1. The lowest BCUT2D eigenvalue weighted by Gasteiger charge is -2.21. The molecule has 120 valence electrons. The Labute approximate surface area is 137 Å². The van der Waals surface area contributed by atoms with Gasteiger partial charge in [-0.05, 0) is 43.7 Å². The molecule has 4 heteroatoms. The third-order valence-electron chi connectivity index (χ3n) is 3.50. The normalized spacial score (nSPS) is 10.2. The van der Waals surface area contributed by atoms with Crippen molar-refractivity contribution in [2.75, 3.05) is 16.8 Å². The molecule has 0 heterocycles. The fraction of sp³-hybridized carbons (Fsp3) is 0.263. The molecule has 0 saturated heterocycles. The van der Waals surface area contributed by atoms with E-state index in [-0.39, 0.29) is 11.8 Å². The molecule has 4 nitrogen and oxygen atoms in total. The molecule has 0 fully saturated rings. The second kappa shape index (κ2) is 8.13. The number of nitrogens with one attached hydrogen (secondary N) is 1. The Morgan fingerprint density at radius 1 is 1.00 bits per heavy atom. The van der Waals surface area contributed by atoms with Crippen LogP contribution in [0.15, 0.2) is 54.6 Å². The molecule has 0 saturated carbocycles. The van der Waals surface area contributed by atoms with Crippen molar-refractivity contribution < 1.29 is 9.59 Å². The minimum Gasteiger partial charge on any atom is -0.326 e. The largest absolute Gasteiger partial charge is 0.326 e. The van der Waals surface area contributed by atoms with Crippen molar-refractivity contribution >= 4 is 23.2 Å². The number of nitrogens with zero attached hydrogens (tertiary/aromatic N) is 1. The Hall–Kier alpha value is -2.62. The van der Waals surface area contributed by atoms with Crippen LogP contribution in [0.2, 0.25) is 0 Å². The van der Waals surface area contributed by atoms with E-state index in [0.29, 0.717) is 24.2 Å². The molecule has 23 heavy (non-hydrogen) atoms. The summed E-state index contributed by atoms with van der Waals surface area (Å²) < 4.78 is 0. The van der Waals surface area contributed by atoms with Gasteiger partial charge in [-0.25, -0.2) is 0 Å². The van der Waals surface area contributed by atoms with Crippen molar-refractivity contribution in [3.63, 3.8) is 0 Å². The van der Waals surface area contributed by atoms with Crippen molar-refractivity contribution in [2.45, 2.75) is 26.7 Å². The van der Waals surface area contributed by atoms with Crippen molar-refractivity contribution in [1.82, 2.24) is 0 Å². The molecule has 0 unspecified atom stereocenters. The second-order valence-corrected chi connectivity index (χ2v) is 5.26. The van der Waals surface area contributed by atoms with Gasteiger partial charge in [-0.2, -0.15) is 0 Å². The fourth-order valence-electron chi connectivity index (χ4n) is 2.39. The molecule has 2 amide bonds. The van der Waals surface area contributed by atoms with Gasteiger partial charge >= 0.3 is 0 Å². The van der Waals surface area contributed by atoms with E-state index in [2.05, 4.69) is 5.32 Å². The minimum atomic E-state index is -0.0784. The Morgan fingerprint density at radius 3 is 2.39 bits per heavy atom. The van der Waals surface area contributed by atoms with Gasteiger partial charge in [0, 0.05) is 29.9 Å². The summed E-state index contributed by atoms with van der Waals surface area (Å²) >= 11 is 0. The summed E-state index contributed by atoms with van der Waals surface area (Å²) in [5, 5.41) is 2.83. The van der Waals surface area contributed by atoms with E-state index in [1.807, 2.05) is 44.2 Å². The van der Waals surface area contributed by atoms with Gasteiger partial charge in [0.05, 0.1) is 0 Å². The Bertz CT molecular complexity index is 668. The highest BCUT2D eigenvalue weighted by molar-refractivity contribution is 6.07. The predicted molar refractivity (Wildman–Crippen MR) is 93.8 cm³/mol. The zero-order chi connectivity index (χ0) is 16.7. The third-order valence-corrected chi connectivity index (χ3v) is 3.50. The highest BCUT2D eigenvalue weighted by Gasteiger charge is 2.16. The molecule has 2 aromatic carbocycles. The number of hydrogen-bond acceptors (Lipinski definition) is 2. The van der Waals surface area contributed by atoms with Crippen molar-refractivity contribution in [3.8, 4) is 0 Å². The first-order valence-corrected chi connectivity index (χ1v) is 7.92. The number of rotatable bonds is 6. The molecule has 0 aliphatic heterocycles. The molecular weight excluding hydrogens is 288 g/mol. The molecule has 0 radical (unpaired) electrons. The first kappa shape index (κ1) is 16.7. The zero-order valence-corrected chi connectivity index (χ0v) is 13.6. The molecule has 0 aliphatic rings. The molecule has 0 aromatic heterocycles. The predicted octanol–water partition coefficient (Wildman–Crippen LogP) is 4.09. The van der Waals surface area contributed by atoms with E-state index in [0.717, 1.165) is 12.1 Å². The van der Waals surface area contributed by atoms with Crippen LogP contribution in [0.3, 0.4) is 0 Å². The minimum absolute atomic E-state index is 0.0347. The third kappa shape index (κ3) is 4.42. The van der Waals surface area contributed by atoms with Crippen LogP contribution < -0.4 is 10.2 Å². The van der Waals surface area contributed by atoms with Crippen LogP contribution in [0.4, 0.5) is 11.4 Å². The van der Waals surface area contributed by atoms with Gasteiger partial charge in [0.2, 0.25) is 5.91 Å². The van der Waals surface area contributed by atoms with E-state index < -0.39 is 0 Å². The van der Waals surface area contributed by atoms with E-state index in [1.54, 1.807) is 29.2 Å². The topological polar surface area (TPSA) is 49.4 Å². The van der Waals surface area contributed by atoms with E-state index in [1.165, 1.54) is 0 Å². The second-order valence-electron chi connectivity index (χ2n) is 5.26. The van der Waals surface area contributed by atoms with Crippen LogP contribution in [0.25, 0.3) is 0 Å². The molecule has 0 aliphatic carbocycles. The van der Waals surface area contributed by atoms with Crippen LogP contribution in [-0.4, -0.2) is 18.4 Å². The molecule has 2 rings (SSSR count). The quantitative estimate of drug-likeness (QED) is 0.873. The van der Waals surface area contributed by atoms with Gasteiger partial charge < -0.3 is 10.2 Å². The summed E-state index contributed by atoms with van der Waals surface area (Å²) in [4.78, 5) is 26.2. The number of benzene rings is 2. The number of amides is 2. The lowest BCUT2D eigenvalue weighted by molar-refractivity contribution is -0.116. The monoisotopic (exact) mass is 310 g/mol. The summed E-state index contributed by atoms with van der Waals surface area (Å²) in [5.74, 6) is -0.113. The van der Waals surface area contributed by atoms with Gasteiger partial charge in [0.25, 0.3) is 5.91 Å². The van der Waals surface area contributed by atoms with Crippen LogP contribution in [0.5, 0.6) is 0 Å². The molecule has 1 N–H and O–H groups in total. The first-order chi connectivity index (χ1) is 11.2. The zero-order valence-electron chi connectivity index (χ0n) is 13.6. The van der Waals surface area contributed by atoms with Gasteiger partial charge in [-0.1, -0.05) is 31.2 Å². The van der Waals surface area contributed by atoms with Crippen LogP contribution in [0, 0.1) is 0 Å². The van der Waals surface area contributed by atoms with Gasteiger partial charge in [-0.3, -0.25) is 9.59 Å². The van der Waals surface area contributed by atoms with Gasteiger partial charge in [0.15, 0.2) is 0 Å². The average Bonchev–Trinajstić information content (AvgIpc) is 2.57. The Balaban J connectivity index is 2.20. The summed E-state index contributed by atoms with van der Waals surface area (Å²) in [6.07, 6.45) is 1.27. The maximum absolute atomic E-state index is 12.8. The summed E-state index contributed by atoms with van der Waals surface area (Å²) in [5.41, 5.74) is 2.07. The number of carbonyl (C=O) groups excluding carboxylic acids is 2. The van der Waals surface area contributed by atoms with Crippen LogP contribution in [0.1, 0.15) is 37.0 Å². The van der Waals surface area contributed by atoms with Crippen LogP contribution in [-0.2, 0) is 4.79 Å². The lowest BCUT2D eigenvalue weighted by Crippen LogP contribution is -2.30. The van der Waals surface area contributed by atoms with E-state index in [9.17, 15) is 9.59 Å². The standard InChI is InChI=1S/C19H22N2O2/c1-3-9-18(22)20-16-11-8-10-15(14-16)19(23)21(4-2)17-12-6-5-7-13-17/h5-8,10-14H,3-4,9H2,1-2H3,(H,20,22). The van der Waals surface area contributed by atoms with Crippen molar-refractivity contribution in [2.24, 2.45) is 0 Å². The smallest absolute Gasteiger partial charge is 0.258 e. The van der Waals surface area contributed by atoms with Gasteiger partial charge in [-0.15, -0.1) is 0 Å². The molecule has 0 atom stereocenters. The highest BCUT2D eigenvalue weighted by Crippen LogP contribution is 2.18. The lowest BCUT2D eigenvalue weighted by atomic mass is 10.1. The average molecular weight is 310 g/mol. The van der Waals surface area contributed by atoms with Crippen molar-refractivity contribution in [3.05, 3.63) is 60.2 Å². The highest BCUT2D eigenvalue weighted by atomic mass is 16.2. The number of para-hydroxylation sites is 1. The maximum atomic E-state index is 12.8. The summed E-state index contributed by atoms with van der Waals surface area (Å²) in [6.45, 7) is 4.48. The fourth-order valence-corrected chi connectivity index (χ4v) is 2.39. The molecular formula is C19H22N2O2.